The molecule has 2 atom stereocenters. The highest BCUT2D eigenvalue weighted by atomic mass is 16.2. The van der Waals surface area contributed by atoms with Gasteiger partial charge in [-0.15, -0.1) is 0 Å². The average molecular weight is 184 g/mol. The molecule has 1 aliphatic rings. The van der Waals surface area contributed by atoms with E-state index in [0.29, 0.717) is 24.9 Å². The lowest BCUT2D eigenvalue weighted by Gasteiger charge is -2.36. The highest BCUT2D eigenvalue weighted by molar-refractivity contribution is 5.76. The minimum absolute atomic E-state index is 0.224. The van der Waals surface area contributed by atoms with Crippen LogP contribution in [0.5, 0.6) is 0 Å². The normalized spacial score (nSPS) is 29.0. The molecule has 1 amide bonds. The molecular formula is C10H20N2O. The van der Waals surface area contributed by atoms with Crippen molar-refractivity contribution in [3.05, 3.63) is 0 Å². The Labute approximate surface area is 80.3 Å². The quantitative estimate of drug-likeness (QED) is 0.695. The van der Waals surface area contributed by atoms with Crippen molar-refractivity contribution < 1.29 is 4.79 Å². The second-order valence-corrected chi connectivity index (χ2v) is 4.12. The van der Waals surface area contributed by atoms with Crippen LogP contribution in [0.15, 0.2) is 0 Å². The second kappa shape index (κ2) is 4.61. The van der Waals surface area contributed by atoms with Crippen molar-refractivity contribution >= 4 is 5.91 Å². The van der Waals surface area contributed by atoms with E-state index in [9.17, 15) is 4.79 Å². The molecule has 76 valence electrons. The van der Waals surface area contributed by atoms with E-state index in [-0.39, 0.29) is 5.91 Å². The molecule has 0 aromatic heterocycles. The third-order valence-electron chi connectivity index (χ3n) is 2.80. The summed E-state index contributed by atoms with van der Waals surface area (Å²) in [6.45, 7) is 5.71. The predicted octanol–water partition coefficient (Wildman–Crippen LogP) is 0.982. The molecule has 1 fully saturated rings. The van der Waals surface area contributed by atoms with Crippen molar-refractivity contribution in [2.45, 2.75) is 39.2 Å². The molecule has 3 nitrogen and oxygen atoms in total. The number of hydrogen-bond acceptors (Lipinski definition) is 2. The molecular weight excluding hydrogens is 164 g/mol. The first-order chi connectivity index (χ1) is 6.15. The van der Waals surface area contributed by atoms with Crippen LogP contribution in [-0.2, 0) is 4.79 Å². The summed E-state index contributed by atoms with van der Waals surface area (Å²) >= 11 is 0. The Morgan fingerprint density at radius 2 is 2.15 bits per heavy atom. The third-order valence-corrected chi connectivity index (χ3v) is 2.80. The van der Waals surface area contributed by atoms with Crippen molar-refractivity contribution in [3.8, 4) is 0 Å². The number of carbonyl (C=O) groups is 1. The number of hydrogen-bond donors (Lipinski definition) is 1. The van der Waals surface area contributed by atoms with E-state index in [4.69, 9.17) is 5.73 Å². The molecule has 0 aromatic carbocycles. The largest absolute Gasteiger partial charge is 0.340 e. The molecule has 2 unspecified atom stereocenters. The molecule has 1 saturated heterocycles. The standard InChI is InChI=1S/C10H20N2O/c1-8-3-4-9(2)12(7-8)10(13)5-6-11/h8-9H,3-7,11H2,1-2H3. The Morgan fingerprint density at radius 3 is 2.77 bits per heavy atom. The summed E-state index contributed by atoms with van der Waals surface area (Å²) in [7, 11) is 0. The maximum atomic E-state index is 11.6. The minimum Gasteiger partial charge on any atom is -0.340 e. The molecule has 0 bridgehead atoms. The molecule has 0 spiro atoms. The fourth-order valence-electron chi connectivity index (χ4n) is 1.90. The SMILES string of the molecule is CC1CCC(C)N(C(=O)CCN)C1. The van der Waals surface area contributed by atoms with Crippen molar-refractivity contribution in [2.24, 2.45) is 11.7 Å². The fourth-order valence-corrected chi connectivity index (χ4v) is 1.90. The smallest absolute Gasteiger partial charge is 0.224 e. The Balaban J connectivity index is 2.50. The van der Waals surface area contributed by atoms with Crippen LogP contribution >= 0.6 is 0 Å². The van der Waals surface area contributed by atoms with Crippen LogP contribution in [0, 0.1) is 5.92 Å². The average Bonchev–Trinajstić information content (AvgIpc) is 2.09. The van der Waals surface area contributed by atoms with E-state index < -0.39 is 0 Å². The van der Waals surface area contributed by atoms with Gasteiger partial charge in [-0.05, 0) is 25.7 Å². The van der Waals surface area contributed by atoms with Crippen LogP contribution < -0.4 is 5.73 Å². The van der Waals surface area contributed by atoms with Crippen LogP contribution in [0.3, 0.4) is 0 Å². The van der Waals surface area contributed by atoms with E-state index in [2.05, 4.69) is 13.8 Å². The zero-order valence-corrected chi connectivity index (χ0v) is 8.62. The first kappa shape index (κ1) is 10.5. The lowest BCUT2D eigenvalue weighted by Crippen LogP contribution is -2.45. The zero-order valence-electron chi connectivity index (χ0n) is 8.62. The second-order valence-electron chi connectivity index (χ2n) is 4.12. The zero-order chi connectivity index (χ0) is 9.84. The lowest BCUT2D eigenvalue weighted by atomic mass is 9.95. The van der Waals surface area contributed by atoms with Gasteiger partial charge in [0.05, 0.1) is 0 Å². The van der Waals surface area contributed by atoms with Crippen molar-refractivity contribution in [2.75, 3.05) is 13.1 Å². The summed E-state index contributed by atoms with van der Waals surface area (Å²) in [6, 6.07) is 0.412. The van der Waals surface area contributed by atoms with Crippen molar-refractivity contribution in [1.29, 1.82) is 0 Å². The van der Waals surface area contributed by atoms with E-state index in [0.717, 1.165) is 13.0 Å². The molecule has 1 rings (SSSR count). The van der Waals surface area contributed by atoms with Crippen LogP contribution in [0.1, 0.15) is 33.1 Å². The first-order valence-electron chi connectivity index (χ1n) is 5.14. The van der Waals surface area contributed by atoms with Gasteiger partial charge in [0, 0.05) is 25.6 Å². The molecule has 13 heavy (non-hydrogen) atoms. The number of rotatable bonds is 2. The van der Waals surface area contributed by atoms with Crippen molar-refractivity contribution in [1.82, 2.24) is 4.90 Å². The van der Waals surface area contributed by atoms with Gasteiger partial charge in [-0.3, -0.25) is 4.79 Å². The van der Waals surface area contributed by atoms with Crippen molar-refractivity contribution in [3.63, 3.8) is 0 Å². The number of piperidine rings is 1. The predicted molar refractivity (Wildman–Crippen MR) is 53.2 cm³/mol. The summed E-state index contributed by atoms with van der Waals surface area (Å²) in [4.78, 5) is 13.6. The molecule has 0 aliphatic carbocycles. The Bertz CT molecular complexity index is 182. The maximum absolute atomic E-state index is 11.6. The molecule has 1 aliphatic heterocycles. The summed E-state index contributed by atoms with van der Waals surface area (Å²) in [5.41, 5.74) is 5.37. The van der Waals surface area contributed by atoms with Gasteiger partial charge in [0.15, 0.2) is 0 Å². The first-order valence-corrected chi connectivity index (χ1v) is 5.14. The molecule has 0 saturated carbocycles. The highest BCUT2D eigenvalue weighted by Gasteiger charge is 2.25. The van der Waals surface area contributed by atoms with Crippen LogP contribution in [0.25, 0.3) is 0 Å². The number of carbonyl (C=O) groups excluding carboxylic acids is 1. The molecule has 0 aromatic rings. The highest BCUT2D eigenvalue weighted by Crippen LogP contribution is 2.21. The monoisotopic (exact) mass is 184 g/mol. The number of nitrogens with two attached hydrogens (primary N) is 1. The summed E-state index contributed by atoms with van der Waals surface area (Å²) < 4.78 is 0. The Morgan fingerprint density at radius 1 is 1.46 bits per heavy atom. The maximum Gasteiger partial charge on any atom is 0.224 e. The summed E-state index contributed by atoms with van der Waals surface area (Å²) in [6.07, 6.45) is 2.88. The van der Waals surface area contributed by atoms with Crippen LogP contribution in [-0.4, -0.2) is 29.9 Å². The summed E-state index contributed by atoms with van der Waals surface area (Å²) in [5, 5.41) is 0. The lowest BCUT2D eigenvalue weighted by molar-refractivity contribution is -0.135. The Hall–Kier alpha value is -0.570. The van der Waals surface area contributed by atoms with Crippen LogP contribution in [0.2, 0.25) is 0 Å². The molecule has 2 N–H and O–H groups in total. The van der Waals surface area contributed by atoms with Gasteiger partial charge >= 0.3 is 0 Å². The third kappa shape index (κ3) is 2.69. The minimum atomic E-state index is 0.224. The number of amides is 1. The Kier molecular flexibility index (Phi) is 3.72. The van der Waals surface area contributed by atoms with Gasteiger partial charge in [0.25, 0.3) is 0 Å². The fraction of sp³-hybridized carbons (Fsp3) is 0.900. The van der Waals surface area contributed by atoms with E-state index in [1.165, 1.54) is 6.42 Å². The van der Waals surface area contributed by atoms with Gasteiger partial charge < -0.3 is 10.6 Å². The van der Waals surface area contributed by atoms with Gasteiger partial charge in [-0.25, -0.2) is 0 Å². The number of nitrogens with zero attached hydrogens (tertiary/aromatic N) is 1. The van der Waals surface area contributed by atoms with E-state index >= 15 is 0 Å². The van der Waals surface area contributed by atoms with E-state index in [1.807, 2.05) is 4.90 Å². The topological polar surface area (TPSA) is 46.3 Å². The van der Waals surface area contributed by atoms with Crippen LogP contribution in [0.4, 0.5) is 0 Å². The molecule has 1 heterocycles. The van der Waals surface area contributed by atoms with Gasteiger partial charge in [0.2, 0.25) is 5.91 Å². The molecule has 0 radical (unpaired) electrons. The van der Waals surface area contributed by atoms with Gasteiger partial charge in [-0.1, -0.05) is 6.92 Å². The van der Waals surface area contributed by atoms with Gasteiger partial charge in [0.1, 0.15) is 0 Å². The van der Waals surface area contributed by atoms with Gasteiger partial charge in [-0.2, -0.15) is 0 Å². The summed E-state index contributed by atoms with van der Waals surface area (Å²) in [5.74, 6) is 0.875. The number of likely N-dealkylation sites (tertiary alicyclic amines) is 1. The molecule has 3 heteroatoms. The van der Waals surface area contributed by atoms with E-state index in [1.54, 1.807) is 0 Å².